The van der Waals surface area contributed by atoms with Crippen LogP contribution in [0.4, 0.5) is 11.5 Å². The van der Waals surface area contributed by atoms with Crippen LogP contribution in [0.5, 0.6) is 0 Å². The lowest BCUT2D eigenvalue weighted by atomic mass is 10.1. The standard InChI is InChI=1S/C25H21N7/c1-16-8-9-28-22(13-16)31-11-2-3-21(31)24-25(32-12-10-27-15-23(32)30-24)29-18-5-6-19-17(14-18)4-7-20(19)26/h2-3,5-6,8-15,26,29H,4,7H2,1H3. The van der Waals surface area contributed by atoms with Crippen molar-refractivity contribution in [2.75, 3.05) is 5.32 Å². The average Bonchev–Trinajstić information content (AvgIpc) is 3.52. The van der Waals surface area contributed by atoms with Crippen LogP contribution in [0.1, 0.15) is 23.1 Å². The van der Waals surface area contributed by atoms with Gasteiger partial charge in [0.25, 0.3) is 0 Å². The van der Waals surface area contributed by atoms with E-state index in [1.807, 2.05) is 47.3 Å². The largest absolute Gasteiger partial charge is 0.339 e. The maximum atomic E-state index is 8.10. The first-order valence-electron chi connectivity index (χ1n) is 10.6. The molecule has 4 heterocycles. The molecule has 0 saturated heterocycles. The molecule has 2 N–H and O–H groups in total. The Bertz CT molecular complexity index is 1490. The fourth-order valence-electron chi connectivity index (χ4n) is 4.33. The Kier molecular flexibility index (Phi) is 4.14. The molecule has 5 aromatic rings. The minimum atomic E-state index is 0.719. The first-order chi connectivity index (χ1) is 15.7. The van der Waals surface area contributed by atoms with E-state index in [1.165, 1.54) is 5.56 Å². The van der Waals surface area contributed by atoms with Gasteiger partial charge in [-0.1, -0.05) is 6.07 Å². The second kappa shape index (κ2) is 7.16. The molecule has 0 atom stereocenters. The van der Waals surface area contributed by atoms with Crippen LogP contribution in [-0.2, 0) is 6.42 Å². The number of hydrogen-bond donors (Lipinski definition) is 2. The van der Waals surface area contributed by atoms with Gasteiger partial charge in [0.15, 0.2) is 5.65 Å². The third-order valence-corrected chi connectivity index (χ3v) is 5.91. The zero-order valence-electron chi connectivity index (χ0n) is 17.6. The van der Waals surface area contributed by atoms with E-state index >= 15 is 0 Å². The maximum Gasteiger partial charge on any atom is 0.157 e. The number of aromatic nitrogens is 5. The van der Waals surface area contributed by atoms with E-state index in [0.717, 1.165) is 64.0 Å². The summed E-state index contributed by atoms with van der Waals surface area (Å²) in [5.74, 6) is 1.71. The van der Waals surface area contributed by atoms with Crippen LogP contribution < -0.4 is 5.32 Å². The van der Waals surface area contributed by atoms with E-state index in [0.29, 0.717) is 0 Å². The number of aryl methyl sites for hydroxylation is 2. The molecule has 156 valence electrons. The molecule has 1 aliphatic rings. The molecule has 0 radical (unpaired) electrons. The van der Waals surface area contributed by atoms with Gasteiger partial charge in [-0.25, -0.2) is 9.97 Å². The fourth-order valence-corrected chi connectivity index (χ4v) is 4.33. The molecule has 32 heavy (non-hydrogen) atoms. The molecule has 7 nitrogen and oxygen atoms in total. The Morgan fingerprint density at radius 1 is 1.03 bits per heavy atom. The maximum absolute atomic E-state index is 8.10. The number of benzene rings is 1. The molecule has 6 rings (SSSR count). The van der Waals surface area contributed by atoms with Crippen molar-refractivity contribution >= 4 is 22.9 Å². The van der Waals surface area contributed by atoms with Crippen LogP contribution in [0, 0.1) is 12.3 Å². The van der Waals surface area contributed by atoms with E-state index < -0.39 is 0 Å². The molecular formula is C25H21N7. The predicted octanol–water partition coefficient (Wildman–Crippen LogP) is 4.95. The summed E-state index contributed by atoms with van der Waals surface area (Å²) in [6, 6.07) is 14.3. The van der Waals surface area contributed by atoms with Gasteiger partial charge in [-0.15, -0.1) is 0 Å². The number of nitrogens with one attached hydrogen (secondary N) is 2. The van der Waals surface area contributed by atoms with Crippen LogP contribution in [0.2, 0.25) is 0 Å². The van der Waals surface area contributed by atoms with E-state index in [2.05, 4.69) is 45.0 Å². The second-order valence-electron chi connectivity index (χ2n) is 8.04. The van der Waals surface area contributed by atoms with Crippen molar-refractivity contribution in [2.45, 2.75) is 19.8 Å². The first-order valence-corrected chi connectivity index (χ1v) is 10.6. The van der Waals surface area contributed by atoms with Gasteiger partial charge in [0.2, 0.25) is 0 Å². The predicted molar refractivity (Wildman–Crippen MR) is 125 cm³/mol. The molecule has 0 bridgehead atoms. The minimum absolute atomic E-state index is 0.719. The zero-order chi connectivity index (χ0) is 21.7. The summed E-state index contributed by atoms with van der Waals surface area (Å²) in [7, 11) is 0. The molecule has 0 spiro atoms. The Balaban J connectivity index is 1.50. The van der Waals surface area contributed by atoms with Crippen LogP contribution in [0.15, 0.2) is 73.4 Å². The molecule has 0 amide bonds. The highest BCUT2D eigenvalue weighted by molar-refractivity contribution is 6.02. The van der Waals surface area contributed by atoms with Gasteiger partial charge < -0.3 is 10.7 Å². The number of anilines is 2. The van der Waals surface area contributed by atoms with Gasteiger partial charge in [0.05, 0.1) is 11.9 Å². The van der Waals surface area contributed by atoms with Crippen molar-refractivity contribution in [3.05, 3.63) is 90.1 Å². The summed E-state index contributed by atoms with van der Waals surface area (Å²) in [5.41, 5.74) is 7.63. The normalized spacial score (nSPS) is 13.0. The average molecular weight is 419 g/mol. The van der Waals surface area contributed by atoms with Crippen molar-refractivity contribution in [1.82, 2.24) is 23.9 Å². The number of fused-ring (bicyclic) bond motifs is 2. The molecule has 0 unspecified atom stereocenters. The molecule has 7 heteroatoms. The lowest BCUT2D eigenvalue weighted by molar-refractivity contribution is 1.00. The van der Waals surface area contributed by atoms with E-state index in [4.69, 9.17) is 10.4 Å². The Labute approximate surface area is 184 Å². The summed E-state index contributed by atoms with van der Waals surface area (Å²) in [6.07, 6.45) is 11.0. The van der Waals surface area contributed by atoms with Gasteiger partial charge in [0.1, 0.15) is 17.3 Å². The van der Waals surface area contributed by atoms with Gasteiger partial charge in [-0.2, -0.15) is 0 Å². The first kappa shape index (κ1) is 18.5. The summed E-state index contributed by atoms with van der Waals surface area (Å²) in [6.45, 7) is 2.06. The highest BCUT2D eigenvalue weighted by atomic mass is 15.2. The third-order valence-electron chi connectivity index (χ3n) is 5.91. The Morgan fingerprint density at radius 2 is 1.97 bits per heavy atom. The summed E-state index contributed by atoms with van der Waals surface area (Å²) in [5, 5.41) is 11.7. The van der Waals surface area contributed by atoms with E-state index in [9.17, 15) is 0 Å². The van der Waals surface area contributed by atoms with Crippen LogP contribution in [0.25, 0.3) is 22.9 Å². The van der Waals surface area contributed by atoms with Gasteiger partial charge in [-0.05, 0) is 72.9 Å². The zero-order valence-corrected chi connectivity index (χ0v) is 17.6. The molecular weight excluding hydrogens is 398 g/mol. The number of hydrogen-bond acceptors (Lipinski definition) is 5. The second-order valence-corrected chi connectivity index (χ2v) is 8.04. The van der Waals surface area contributed by atoms with Crippen LogP contribution in [-0.4, -0.2) is 29.6 Å². The van der Waals surface area contributed by atoms with Gasteiger partial charge >= 0.3 is 0 Å². The SMILES string of the molecule is Cc1ccnc(-n2cccc2-c2nc3cnccn3c2Nc2ccc3c(c2)CCC3=N)c1. The van der Waals surface area contributed by atoms with Crippen molar-refractivity contribution < 1.29 is 0 Å². The molecule has 1 aliphatic carbocycles. The Hall–Kier alpha value is -4.26. The number of pyridine rings is 1. The van der Waals surface area contributed by atoms with Crippen molar-refractivity contribution in [3.63, 3.8) is 0 Å². The summed E-state index contributed by atoms with van der Waals surface area (Å²) >= 11 is 0. The monoisotopic (exact) mass is 419 g/mol. The summed E-state index contributed by atoms with van der Waals surface area (Å²) < 4.78 is 4.07. The highest BCUT2D eigenvalue weighted by Gasteiger charge is 2.20. The highest BCUT2D eigenvalue weighted by Crippen LogP contribution is 2.34. The molecule has 0 aliphatic heterocycles. The topological polar surface area (TPSA) is 83.9 Å². The van der Waals surface area contributed by atoms with Crippen molar-refractivity contribution in [3.8, 4) is 17.2 Å². The fraction of sp³-hybridized carbons (Fsp3) is 0.120. The molecule has 1 aromatic carbocycles. The smallest absolute Gasteiger partial charge is 0.157 e. The van der Waals surface area contributed by atoms with Crippen molar-refractivity contribution in [1.29, 1.82) is 5.41 Å². The van der Waals surface area contributed by atoms with Gasteiger partial charge in [-0.3, -0.25) is 14.0 Å². The lowest BCUT2D eigenvalue weighted by Gasteiger charge is -2.12. The van der Waals surface area contributed by atoms with Gasteiger partial charge in [0, 0.05) is 36.2 Å². The van der Waals surface area contributed by atoms with Crippen LogP contribution >= 0.6 is 0 Å². The Morgan fingerprint density at radius 3 is 2.88 bits per heavy atom. The van der Waals surface area contributed by atoms with E-state index in [-0.39, 0.29) is 0 Å². The number of nitrogens with zero attached hydrogens (tertiary/aromatic N) is 5. The van der Waals surface area contributed by atoms with Crippen molar-refractivity contribution in [2.24, 2.45) is 0 Å². The molecule has 4 aromatic heterocycles. The quantitative estimate of drug-likeness (QED) is 0.432. The minimum Gasteiger partial charge on any atom is -0.339 e. The summed E-state index contributed by atoms with van der Waals surface area (Å²) in [4.78, 5) is 13.7. The lowest BCUT2D eigenvalue weighted by Crippen LogP contribution is -2.02. The van der Waals surface area contributed by atoms with Crippen LogP contribution in [0.3, 0.4) is 0 Å². The molecule has 0 saturated carbocycles. The number of imidazole rings is 1. The number of rotatable bonds is 4. The molecule has 0 fully saturated rings. The third kappa shape index (κ3) is 2.98. The van der Waals surface area contributed by atoms with E-state index in [1.54, 1.807) is 12.4 Å².